The van der Waals surface area contributed by atoms with Gasteiger partial charge in [0.05, 0.1) is 0 Å². The van der Waals surface area contributed by atoms with Crippen LogP contribution in [0.2, 0.25) is 0 Å². The summed E-state index contributed by atoms with van der Waals surface area (Å²) < 4.78 is 0. The zero-order valence-corrected chi connectivity index (χ0v) is 16.7. The third kappa shape index (κ3) is 8.57. The molecule has 0 aromatic rings. The van der Waals surface area contributed by atoms with Gasteiger partial charge in [0, 0.05) is 23.8 Å². The Labute approximate surface area is 163 Å². The standard InChI is InChI=1S/2C10H18O2.Ni/c2*1-2-9(10(11)12)8-6-4-3-5-7-8;/h2*8-9H,2-7H2,1H3,(H,11,12);/q;;+2/p-2. The Morgan fingerprint density at radius 1 is 0.720 bits per heavy atom. The number of carbonyl (C=O) groups is 2. The molecule has 0 bridgehead atoms. The topological polar surface area (TPSA) is 80.3 Å². The summed E-state index contributed by atoms with van der Waals surface area (Å²) in [4.78, 5) is 21.4. The number of carbonyl (C=O) groups excluding carboxylic acids is 2. The molecule has 0 aromatic carbocycles. The zero-order valence-electron chi connectivity index (χ0n) is 15.7. The number of carboxylic acids is 2. The van der Waals surface area contributed by atoms with Crippen molar-refractivity contribution in [2.24, 2.45) is 23.7 Å². The number of hydrogen-bond donors (Lipinski definition) is 0. The molecule has 2 aliphatic carbocycles. The Kier molecular flexibility index (Phi) is 13.3. The number of rotatable bonds is 6. The fourth-order valence-corrected chi connectivity index (χ4v) is 4.46. The van der Waals surface area contributed by atoms with Gasteiger partial charge in [0.2, 0.25) is 0 Å². The van der Waals surface area contributed by atoms with Gasteiger partial charge in [-0.05, 0) is 50.4 Å². The summed E-state index contributed by atoms with van der Waals surface area (Å²) in [6.07, 6.45) is 13.2. The Morgan fingerprint density at radius 2 is 1.00 bits per heavy atom. The van der Waals surface area contributed by atoms with E-state index >= 15 is 0 Å². The Hall–Kier alpha value is -0.566. The summed E-state index contributed by atoms with van der Waals surface area (Å²) in [7, 11) is 0. The maximum absolute atomic E-state index is 10.7. The average Bonchev–Trinajstić information content (AvgIpc) is 2.58. The minimum atomic E-state index is -0.843. The van der Waals surface area contributed by atoms with E-state index in [2.05, 4.69) is 0 Å². The average molecular weight is 397 g/mol. The van der Waals surface area contributed by atoms with Crippen molar-refractivity contribution >= 4 is 11.9 Å². The molecule has 0 aromatic heterocycles. The molecule has 0 spiro atoms. The first-order valence-corrected chi connectivity index (χ1v) is 9.92. The van der Waals surface area contributed by atoms with E-state index in [9.17, 15) is 19.8 Å². The molecule has 0 aliphatic heterocycles. The molecular formula is C20H34NiO4. The molecule has 0 saturated heterocycles. The van der Waals surface area contributed by atoms with Crippen LogP contribution in [-0.2, 0) is 26.1 Å². The second-order valence-electron chi connectivity index (χ2n) is 7.46. The van der Waals surface area contributed by atoms with E-state index in [1.807, 2.05) is 13.8 Å². The third-order valence-electron chi connectivity index (χ3n) is 5.92. The molecule has 2 unspecified atom stereocenters. The SMILES string of the molecule is CCC(C(=O)[O-])C1CCCCC1.CCC(C(=O)[O-])C1CCCCC1.[Ni+2]. The first kappa shape index (κ1) is 24.4. The largest absolute Gasteiger partial charge is 2.00 e. The predicted molar refractivity (Wildman–Crippen MR) is 90.7 cm³/mol. The third-order valence-corrected chi connectivity index (χ3v) is 5.92. The molecule has 0 amide bonds. The monoisotopic (exact) mass is 396 g/mol. The van der Waals surface area contributed by atoms with Gasteiger partial charge >= 0.3 is 16.5 Å². The van der Waals surface area contributed by atoms with Gasteiger partial charge in [-0.3, -0.25) is 0 Å². The minimum Gasteiger partial charge on any atom is -0.550 e. The molecule has 0 heterocycles. The normalized spacial score (nSPS) is 21.2. The Balaban J connectivity index is 0.000000443. The summed E-state index contributed by atoms with van der Waals surface area (Å²) in [6, 6.07) is 0. The molecule has 2 saturated carbocycles. The molecule has 4 nitrogen and oxygen atoms in total. The van der Waals surface area contributed by atoms with E-state index in [1.54, 1.807) is 0 Å². The van der Waals surface area contributed by atoms with Gasteiger partial charge in [-0.2, -0.15) is 0 Å². The molecule has 25 heavy (non-hydrogen) atoms. The van der Waals surface area contributed by atoms with E-state index in [4.69, 9.17) is 0 Å². The molecule has 148 valence electrons. The summed E-state index contributed by atoms with van der Waals surface area (Å²) in [6.45, 7) is 3.88. The number of aliphatic carboxylic acids is 2. The van der Waals surface area contributed by atoms with Gasteiger partial charge in [0.25, 0.3) is 0 Å². The van der Waals surface area contributed by atoms with E-state index in [0.29, 0.717) is 11.8 Å². The van der Waals surface area contributed by atoms with Gasteiger partial charge in [-0.25, -0.2) is 0 Å². The maximum Gasteiger partial charge on any atom is 2.00 e. The number of carboxylic acid groups (broad SMARTS) is 2. The second kappa shape index (κ2) is 13.6. The molecule has 2 rings (SSSR count). The van der Waals surface area contributed by atoms with Crippen molar-refractivity contribution in [1.29, 1.82) is 0 Å². The van der Waals surface area contributed by atoms with Crippen molar-refractivity contribution < 1.29 is 36.3 Å². The van der Waals surface area contributed by atoms with Crippen LogP contribution in [0, 0.1) is 23.7 Å². The molecule has 2 atom stereocenters. The van der Waals surface area contributed by atoms with Crippen LogP contribution < -0.4 is 10.2 Å². The van der Waals surface area contributed by atoms with Gasteiger partial charge in [-0.15, -0.1) is 0 Å². The van der Waals surface area contributed by atoms with E-state index in [0.717, 1.165) is 38.5 Å². The van der Waals surface area contributed by atoms with E-state index in [1.165, 1.54) is 38.5 Å². The van der Waals surface area contributed by atoms with Crippen LogP contribution in [-0.4, -0.2) is 11.9 Å². The van der Waals surface area contributed by atoms with E-state index < -0.39 is 11.9 Å². The van der Waals surface area contributed by atoms with Crippen LogP contribution in [0.3, 0.4) is 0 Å². The van der Waals surface area contributed by atoms with Crippen LogP contribution in [0.4, 0.5) is 0 Å². The van der Waals surface area contributed by atoms with Crippen molar-refractivity contribution in [3.05, 3.63) is 0 Å². The molecule has 2 fully saturated rings. The quantitative estimate of drug-likeness (QED) is 0.646. The molecular weight excluding hydrogens is 363 g/mol. The fraction of sp³-hybridized carbons (Fsp3) is 0.900. The molecule has 2 aliphatic rings. The van der Waals surface area contributed by atoms with Crippen molar-refractivity contribution in [3.63, 3.8) is 0 Å². The summed E-state index contributed by atoms with van der Waals surface area (Å²) in [5.41, 5.74) is 0. The number of hydrogen-bond acceptors (Lipinski definition) is 4. The minimum absolute atomic E-state index is 0. The van der Waals surface area contributed by atoms with Crippen molar-refractivity contribution in [2.45, 2.75) is 90.9 Å². The Morgan fingerprint density at radius 3 is 1.20 bits per heavy atom. The van der Waals surface area contributed by atoms with Crippen molar-refractivity contribution in [1.82, 2.24) is 0 Å². The second-order valence-corrected chi connectivity index (χ2v) is 7.46. The van der Waals surface area contributed by atoms with Crippen LogP contribution >= 0.6 is 0 Å². The fourth-order valence-electron chi connectivity index (χ4n) is 4.46. The van der Waals surface area contributed by atoms with Crippen LogP contribution in [0.15, 0.2) is 0 Å². The van der Waals surface area contributed by atoms with Gasteiger partial charge in [0.1, 0.15) is 0 Å². The van der Waals surface area contributed by atoms with Crippen molar-refractivity contribution in [3.8, 4) is 0 Å². The van der Waals surface area contributed by atoms with E-state index in [-0.39, 0.29) is 28.3 Å². The first-order valence-electron chi connectivity index (χ1n) is 9.92. The maximum atomic E-state index is 10.7. The van der Waals surface area contributed by atoms with Gasteiger partial charge in [0.15, 0.2) is 0 Å². The van der Waals surface area contributed by atoms with Crippen LogP contribution in [0.1, 0.15) is 90.9 Å². The Bertz CT molecular complexity index is 338. The molecule has 5 heteroatoms. The molecule has 0 N–H and O–H groups in total. The van der Waals surface area contributed by atoms with Crippen LogP contribution in [0.25, 0.3) is 0 Å². The summed E-state index contributed by atoms with van der Waals surface area (Å²) in [5, 5.41) is 21.4. The van der Waals surface area contributed by atoms with Crippen molar-refractivity contribution in [2.75, 3.05) is 0 Å². The van der Waals surface area contributed by atoms with Crippen LogP contribution in [0.5, 0.6) is 0 Å². The zero-order chi connectivity index (χ0) is 17.9. The summed E-state index contributed by atoms with van der Waals surface area (Å²) >= 11 is 0. The first-order chi connectivity index (χ1) is 11.5. The molecule has 0 radical (unpaired) electrons. The van der Waals surface area contributed by atoms with Gasteiger partial charge in [-0.1, -0.05) is 52.4 Å². The van der Waals surface area contributed by atoms with Gasteiger partial charge < -0.3 is 19.8 Å². The predicted octanol–water partition coefficient (Wildman–Crippen LogP) is 2.68. The summed E-state index contributed by atoms with van der Waals surface area (Å²) in [5.74, 6) is -1.27. The smallest absolute Gasteiger partial charge is 0.550 e.